The first kappa shape index (κ1) is 21.9. The quantitative estimate of drug-likeness (QED) is 0.576. The van der Waals surface area contributed by atoms with Crippen LogP contribution in [0.15, 0.2) is 72.8 Å². The summed E-state index contributed by atoms with van der Waals surface area (Å²) in [6.45, 7) is 2.29. The van der Waals surface area contributed by atoms with Gasteiger partial charge in [0, 0.05) is 12.1 Å². The summed E-state index contributed by atoms with van der Waals surface area (Å²) in [6, 6.07) is 18.7. The van der Waals surface area contributed by atoms with Crippen molar-refractivity contribution in [1.82, 2.24) is 5.32 Å². The molecule has 2 N–H and O–H groups in total. The van der Waals surface area contributed by atoms with E-state index in [4.69, 9.17) is 0 Å². The molecule has 0 spiro atoms. The summed E-state index contributed by atoms with van der Waals surface area (Å²) in [5, 5.41) is 5.42. The van der Waals surface area contributed by atoms with Gasteiger partial charge in [0.15, 0.2) is 0 Å². The highest BCUT2D eigenvalue weighted by molar-refractivity contribution is 6.09. The molecule has 3 aromatic rings. The molecule has 2 amide bonds. The smallest absolute Gasteiger partial charge is 0.406 e. The molecular weight excluding hydrogens is 409 g/mol. The molecule has 0 radical (unpaired) electrons. The van der Waals surface area contributed by atoms with Crippen LogP contribution in [0.25, 0.3) is 0 Å². The highest BCUT2D eigenvalue weighted by atomic mass is 19.4. The third kappa shape index (κ3) is 6.33. The summed E-state index contributed by atoms with van der Waals surface area (Å²) < 4.78 is 40.6. The number of ether oxygens (including phenoxy) is 1. The van der Waals surface area contributed by atoms with Gasteiger partial charge in [-0.2, -0.15) is 0 Å². The Morgan fingerprint density at radius 3 is 2.16 bits per heavy atom. The van der Waals surface area contributed by atoms with E-state index in [9.17, 15) is 22.8 Å². The number of alkyl halides is 3. The van der Waals surface area contributed by atoms with Crippen LogP contribution in [0.4, 0.5) is 18.9 Å². The Bertz CT molecular complexity index is 1060. The highest BCUT2D eigenvalue weighted by Crippen LogP contribution is 2.23. The Balaban J connectivity index is 1.67. The number of amides is 2. The molecule has 0 saturated heterocycles. The van der Waals surface area contributed by atoms with Crippen molar-refractivity contribution in [2.45, 2.75) is 19.8 Å². The van der Waals surface area contributed by atoms with Gasteiger partial charge in [-0.05, 0) is 48.9 Å². The predicted molar refractivity (Wildman–Crippen MR) is 110 cm³/mol. The molecule has 5 nitrogen and oxygen atoms in total. The fourth-order valence-corrected chi connectivity index (χ4v) is 2.78. The average Bonchev–Trinajstić information content (AvgIpc) is 2.73. The minimum absolute atomic E-state index is 0.115. The lowest BCUT2D eigenvalue weighted by Crippen LogP contribution is -2.25. The van der Waals surface area contributed by atoms with Gasteiger partial charge in [0.2, 0.25) is 0 Å². The molecule has 3 rings (SSSR count). The monoisotopic (exact) mass is 428 g/mol. The number of hydrogen-bond acceptors (Lipinski definition) is 3. The molecule has 0 atom stereocenters. The number of halogens is 3. The summed E-state index contributed by atoms with van der Waals surface area (Å²) in [5.41, 5.74) is 2.71. The lowest BCUT2D eigenvalue weighted by molar-refractivity contribution is -0.274. The first-order valence-corrected chi connectivity index (χ1v) is 9.31. The van der Waals surface area contributed by atoms with Crippen LogP contribution < -0.4 is 15.4 Å². The van der Waals surface area contributed by atoms with Gasteiger partial charge >= 0.3 is 6.36 Å². The van der Waals surface area contributed by atoms with Crippen LogP contribution >= 0.6 is 0 Å². The van der Waals surface area contributed by atoms with Gasteiger partial charge in [-0.15, -0.1) is 13.2 Å². The molecule has 8 heteroatoms. The predicted octanol–water partition coefficient (Wildman–Crippen LogP) is 5.08. The molecule has 0 unspecified atom stereocenters. The van der Waals surface area contributed by atoms with Crippen LogP contribution in [0.5, 0.6) is 5.75 Å². The van der Waals surface area contributed by atoms with Crippen molar-refractivity contribution < 1.29 is 27.5 Å². The third-order valence-electron chi connectivity index (χ3n) is 4.34. The van der Waals surface area contributed by atoms with Crippen molar-refractivity contribution in [2.75, 3.05) is 5.32 Å². The minimum atomic E-state index is -4.81. The maximum absolute atomic E-state index is 12.6. The van der Waals surface area contributed by atoms with Gasteiger partial charge in [-0.1, -0.05) is 42.0 Å². The van der Waals surface area contributed by atoms with E-state index >= 15 is 0 Å². The Kier molecular flexibility index (Phi) is 6.59. The van der Waals surface area contributed by atoms with E-state index in [1.165, 1.54) is 12.1 Å². The molecule has 0 bridgehead atoms. The number of carbonyl (C=O) groups excluding carboxylic acids is 2. The maximum Gasteiger partial charge on any atom is 0.573 e. The summed E-state index contributed by atoms with van der Waals surface area (Å²) in [6.07, 6.45) is -4.81. The van der Waals surface area contributed by atoms with E-state index in [0.29, 0.717) is 6.54 Å². The molecule has 31 heavy (non-hydrogen) atoms. The van der Waals surface area contributed by atoms with Gasteiger partial charge in [-0.25, -0.2) is 0 Å². The largest absolute Gasteiger partial charge is 0.573 e. The summed E-state index contributed by atoms with van der Waals surface area (Å²) in [5.74, 6) is -1.37. The summed E-state index contributed by atoms with van der Waals surface area (Å²) >= 11 is 0. The van der Waals surface area contributed by atoms with Gasteiger partial charge < -0.3 is 15.4 Å². The number of aryl methyl sites for hydroxylation is 1. The van der Waals surface area contributed by atoms with E-state index in [0.717, 1.165) is 23.3 Å². The van der Waals surface area contributed by atoms with Crippen molar-refractivity contribution in [3.63, 3.8) is 0 Å². The average molecular weight is 428 g/mol. The fraction of sp³-hybridized carbons (Fsp3) is 0.130. The first-order valence-electron chi connectivity index (χ1n) is 9.31. The lowest BCUT2D eigenvalue weighted by Gasteiger charge is -2.12. The molecule has 0 heterocycles. The molecule has 3 aromatic carbocycles. The Morgan fingerprint density at radius 1 is 0.871 bits per heavy atom. The van der Waals surface area contributed by atoms with Crippen LogP contribution in [0, 0.1) is 6.92 Å². The number of anilines is 1. The molecule has 0 aliphatic carbocycles. The van der Waals surface area contributed by atoms with Crippen molar-refractivity contribution >= 4 is 17.5 Å². The SMILES string of the molecule is Cc1ccc(CNC(=O)c2ccccc2NC(=O)c2ccc(OC(F)(F)F)cc2)cc1. The molecule has 160 valence electrons. The standard InChI is InChI=1S/C23H19F3N2O3/c1-15-6-8-16(9-7-15)14-27-22(30)19-4-2-3-5-20(19)28-21(29)17-10-12-18(13-11-17)31-23(24,25)26/h2-13H,14H2,1H3,(H,27,30)(H,28,29). The molecule has 0 fully saturated rings. The van der Waals surface area contributed by atoms with Crippen LogP contribution in [-0.2, 0) is 6.54 Å². The topological polar surface area (TPSA) is 67.4 Å². The van der Waals surface area contributed by atoms with E-state index in [1.807, 2.05) is 31.2 Å². The van der Waals surface area contributed by atoms with E-state index in [1.54, 1.807) is 24.3 Å². The highest BCUT2D eigenvalue weighted by Gasteiger charge is 2.31. The van der Waals surface area contributed by atoms with Crippen LogP contribution in [-0.4, -0.2) is 18.2 Å². The van der Waals surface area contributed by atoms with Crippen molar-refractivity contribution in [2.24, 2.45) is 0 Å². The van der Waals surface area contributed by atoms with E-state index < -0.39 is 18.0 Å². The second-order valence-corrected chi connectivity index (χ2v) is 6.74. The van der Waals surface area contributed by atoms with Gasteiger partial charge in [0.05, 0.1) is 11.3 Å². The molecule has 0 aliphatic heterocycles. The number of nitrogens with one attached hydrogen (secondary N) is 2. The minimum Gasteiger partial charge on any atom is -0.406 e. The number of benzene rings is 3. The van der Waals surface area contributed by atoms with Crippen LogP contribution in [0.2, 0.25) is 0 Å². The first-order chi connectivity index (χ1) is 14.7. The third-order valence-corrected chi connectivity index (χ3v) is 4.34. The molecular formula is C23H19F3N2O3. The maximum atomic E-state index is 12.6. The Labute approximate surface area is 176 Å². The fourth-order valence-electron chi connectivity index (χ4n) is 2.78. The van der Waals surface area contributed by atoms with Gasteiger partial charge in [0.25, 0.3) is 11.8 Å². The summed E-state index contributed by atoms with van der Waals surface area (Å²) in [7, 11) is 0. The van der Waals surface area contributed by atoms with Gasteiger partial charge in [0.1, 0.15) is 5.75 Å². The van der Waals surface area contributed by atoms with Gasteiger partial charge in [-0.3, -0.25) is 9.59 Å². The molecule has 0 aliphatic rings. The normalized spacial score (nSPS) is 11.0. The number of rotatable bonds is 6. The van der Waals surface area contributed by atoms with E-state index in [2.05, 4.69) is 15.4 Å². The Morgan fingerprint density at radius 2 is 1.52 bits per heavy atom. The van der Waals surface area contributed by atoms with E-state index in [-0.39, 0.29) is 22.7 Å². The van der Waals surface area contributed by atoms with Crippen molar-refractivity contribution in [3.05, 3.63) is 95.1 Å². The zero-order valence-electron chi connectivity index (χ0n) is 16.5. The number of para-hydroxylation sites is 1. The molecule has 0 saturated carbocycles. The molecule has 0 aromatic heterocycles. The summed E-state index contributed by atoms with van der Waals surface area (Å²) in [4.78, 5) is 25.1. The number of hydrogen-bond donors (Lipinski definition) is 2. The second-order valence-electron chi connectivity index (χ2n) is 6.74. The zero-order valence-corrected chi connectivity index (χ0v) is 16.5. The second kappa shape index (κ2) is 9.34. The Hall–Kier alpha value is -3.81. The van der Waals surface area contributed by atoms with Crippen LogP contribution in [0.1, 0.15) is 31.8 Å². The lowest BCUT2D eigenvalue weighted by atomic mass is 10.1. The van der Waals surface area contributed by atoms with Crippen LogP contribution in [0.3, 0.4) is 0 Å². The zero-order chi connectivity index (χ0) is 22.4. The van der Waals surface area contributed by atoms with Crippen molar-refractivity contribution in [3.8, 4) is 5.75 Å². The van der Waals surface area contributed by atoms with Crippen molar-refractivity contribution in [1.29, 1.82) is 0 Å². The number of carbonyl (C=O) groups is 2.